The predicted molar refractivity (Wildman–Crippen MR) is 65.7 cm³/mol. The van der Waals surface area contributed by atoms with E-state index in [9.17, 15) is 13.2 Å². The number of ether oxygens (including phenoxy) is 1. The van der Waals surface area contributed by atoms with Crippen LogP contribution in [0.25, 0.3) is 0 Å². The lowest BCUT2D eigenvalue weighted by molar-refractivity contribution is -0.173. The summed E-state index contributed by atoms with van der Waals surface area (Å²) in [6.45, 7) is 4.60. The average Bonchev–Trinajstić information content (AvgIpc) is 2.71. The van der Waals surface area contributed by atoms with Gasteiger partial charge in [-0.05, 0) is 12.5 Å². The van der Waals surface area contributed by atoms with Crippen LogP contribution in [-0.4, -0.2) is 35.9 Å². The van der Waals surface area contributed by atoms with Crippen molar-refractivity contribution in [3.05, 3.63) is 17.7 Å². The summed E-state index contributed by atoms with van der Waals surface area (Å²) < 4.78 is 40.0. The van der Waals surface area contributed by atoms with Gasteiger partial charge in [0.15, 0.2) is 0 Å². The Morgan fingerprint density at radius 1 is 1.42 bits per heavy atom. The van der Waals surface area contributed by atoms with Crippen LogP contribution in [0.1, 0.15) is 25.4 Å². The summed E-state index contributed by atoms with van der Waals surface area (Å²) in [5.41, 5.74) is 0.923. The fourth-order valence-corrected chi connectivity index (χ4v) is 1.47. The summed E-state index contributed by atoms with van der Waals surface area (Å²) >= 11 is 0. The molecule has 0 aromatic carbocycles. The van der Waals surface area contributed by atoms with Gasteiger partial charge in [0, 0.05) is 24.9 Å². The van der Waals surface area contributed by atoms with Gasteiger partial charge in [-0.1, -0.05) is 13.8 Å². The highest BCUT2D eigenvalue weighted by Crippen LogP contribution is 2.14. The standard InChI is InChI=1S/C12H20F3N3O/c1-9(2)5-16-6-10-7-17-11(18-10)3-4-19-8-12(13,14)15/h7,9,16H,3-6,8H2,1-2H3,(H,17,18). The summed E-state index contributed by atoms with van der Waals surface area (Å²) in [6, 6.07) is 0. The van der Waals surface area contributed by atoms with E-state index >= 15 is 0 Å². The van der Waals surface area contributed by atoms with Gasteiger partial charge in [-0.15, -0.1) is 0 Å². The zero-order valence-electron chi connectivity index (χ0n) is 11.2. The Morgan fingerprint density at radius 2 is 2.16 bits per heavy atom. The van der Waals surface area contributed by atoms with Crippen LogP contribution < -0.4 is 5.32 Å². The molecule has 0 atom stereocenters. The smallest absolute Gasteiger partial charge is 0.372 e. The fourth-order valence-electron chi connectivity index (χ4n) is 1.47. The quantitative estimate of drug-likeness (QED) is 0.718. The Kier molecular flexibility index (Phi) is 6.30. The van der Waals surface area contributed by atoms with Gasteiger partial charge in [0.1, 0.15) is 12.4 Å². The summed E-state index contributed by atoms with van der Waals surface area (Å²) in [6.07, 6.45) is -2.23. The summed E-state index contributed by atoms with van der Waals surface area (Å²) in [7, 11) is 0. The molecule has 0 aliphatic rings. The molecule has 0 saturated heterocycles. The molecule has 110 valence electrons. The van der Waals surface area contributed by atoms with Crippen molar-refractivity contribution in [1.29, 1.82) is 0 Å². The van der Waals surface area contributed by atoms with Gasteiger partial charge in [0.25, 0.3) is 0 Å². The molecule has 0 fully saturated rings. The van der Waals surface area contributed by atoms with Gasteiger partial charge in [-0.25, -0.2) is 4.98 Å². The third-order valence-electron chi connectivity index (χ3n) is 2.30. The van der Waals surface area contributed by atoms with Crippen LogP contribution in [0, 0.1) is 5.92 Å². The van der Waals surface area contributed by atoms with Gasteiger partial charge in [0.05, 0.1) is 6.61 Å². The van der Waals surface area contributed by atoms with Crippen molar-refractivity contribution in [3.63, 3.8) is 0 Å². The Morgan fingerprint density at radius 3 is 2.79 bits per heavy atom. The number of nitrogens with zero attached hydrogens (tertiary/aromatic N) is 1. The van der Waals surface area contributed by atoms with Gasteiger partial charge in [-0.3, -0.25) is 0 Å². The molecule has 0 bridgehead atoms. The first kappa shape index (κ1) is 16.0. The lowest BCUT2D eigenvalue weighted by Crippen LogP contribution is -2.19. The van der Waals surface area contributed by atoms with E-state index in [-0.39, 0.29) is 6.61 Å². The number of halogens is 3. The molecule has 7 heteroatoms. The molecule has 2 N–H and O–H groups in total. The van der Waals surface area contributed by atoms with Crippen molar-refractivity contribution in [2.24, 2.45) is 5.92 Å². The molecule has 1 heterocycles. The first-order valence-corrected chi connectivity index (χ1v) is 6.25. The predicted octanol–water partition coefficient (Wildman–Crippen LogP) is 2.28. The van der Waals surface area contributed by atoms with E-state index in [4.69, 9.17) is 0 Å². The van der Waals surface area contributed by atoms with Crippen LogP contribution in [-0.2, 0) is 17.7 Å². The number of aromatic nitrogens is 2. The summed E-state index contributed by atoms with van der Waals surface area (Å²) in [4.78, 5) is 7.14. The van der Waals surface area contributed by atoms with Crippen molar-refractivity contribution in [2.75, 3.05) is 19.8 Å². The van der Waals surface area contributed by atoms with E-state index in [1.54, 1.807) is 6.20 Å². The Balaban J connectivity index is 2.19. The van der Waals surface area contributed by atoms with E-state index in [2.05, 4.69) is 33.9 Å². The van der Waals surface area contributed by atoms with E-state index in [0.29, 0.717) is 24.7 Å². The molecule has 1 aromatic rings. The molecule has 0 unspecified atom stereocenters. The highest BCUT2D eigenvalue weighted by Gasteiger charge is 2.27. The van der Waals surface area contributed by atoms with Crippen LogP contribution in [0.15, 0.2) is 6.20 Å². The minimum absolute atomic E-state index is 0.00584. The lowest BCUT2D eigenvalue weighted by Gasteiger charge is -2.06. The molecule has 19 heavy (non-hydrogen) atoms. The van der Waals surface area contributed by atoms with Crippen LogP contribution >= 0.6 is 0 Å². The monoisotopic (exact) mass is 279 g/mol. The summed E-state index contributed by atoms with van der Waals surface area (Å²) in [5, 5.41) is 3.25. The number of alkyl halides is 3. The average molecular weight is 279 g/mol. The third-order valence-corrected chi connectivity index (χ3v) is 2.30. The zero-order valence-corrected chi connectivity index (χ0v) is 11.2. The highest BCUT2D eigenvalue weighted by molar-refractivity contribution is 5.01. The Bertz CT molecular complexity index is 363. The van der Waals surface area contributed by atoms with Crippen LogP contribution in [0.2, 0.25) is 0 Å². The minimum atomic E-state index is -4.27. The second-order valence-electron chi connectivity index (χ2n) is 4.80. The fraction of sp³-hybridized carbons (Fsp3) is 0.750. The Hall–Kier alpha value is -1.08. The molecule has 4 nitrogen and oxygen atoms in total. The maximum atomic E-state index is 11.8. The van der Waals surface area contributed by atoms with E-state index < -0.39 is 12.8 Å². The third kappa shape index (κ3) is 7.84. The minimum Gasteiger partial charge on any atom is -0.372 e. The van der Waals surface area contributed by atoms with Crippen molar-refractivity contribution in [1.82, 2.24) is 15.3 Å². The second kappa shape index (κ2) is 7.49. The molecule has 1 aromatic heterocycles. The van der Waals surface area contributed by atoms with Gasteiger partial charge in [0.2, 0.25) is 0 Å². The number of aromatic amines is 1. The van der Waals surface area contributed by atoms with E-state index in [1.807, 2.05) is 0 Å². The van der Waals surface area contributed by atoms with Crippen molar-refractivity contribution in [2.45, 2.75) is 33.0 Å². The van der Waals surface area contributed by atoms with Crippen molar-refractivity contribution < 1.29 is 17.9 Å². The SMILES string of the molecule is CC(C)CNCc1cnc(CCOCC(F)(F)F)[nH]1. The van der Waals surface area contributed by atoms with Gasteiger partial charge >= 0.3 is 6.18 Å². The van der Waals surface area contributed by atoms with Crippen LogP contribution in [0.5, 0.6) is 0 Å². The molecule has 1 rings (SSSR count). The summed E-state index contributed by atoms with van der Waals surface area (Å²) in [5.74, 6) is 1.21. The lowest BCUT2D eigenvalue weighted by atomic mass is 10.2. The number of hydrogen-bond donors (Lipinski definition) is 2. The van der Waals surface area contributed by atoms with Crippen molar-refractivity contribution in [3.8, 4) is 0 Å². The first-order chi connectivity index (χ1) is 8.87. The molecular formula is C12H20F3N3O. The molecule has 0 spiro atoms. The van der Waals surface area contributed by atoms with Crippen LogP contribution in [0.3, 0.4) is 0 Å². The number of hydrogen-bond acceptors (Lipinski definition) is 3. The number of imidazole rings is 1. The number of nitrogens with one attached hydrogen (secondary N) is 2. The molecular weight excluding hydrogens is 259 g/mol. The van der Waals surface area contributed by atoms with Crippen LogP contribution in [0.4, 0.5) is 13.2 Å². The molecule has 0 radical (unpaired) electrons. The number of H-pyrrole nitrogens is 1. The largest absolute Gasteiger partial charge is 0.411 e. The topological polar surface area (TPSA) is 49.9 Å². The maximum Gasteiger partial charge on any atom is 0.411 e. The molecule has 0 aliphatic carbocycles. The second-order valence-corrected chi connectivity index (χ2v) is 4.80. The first-order valence-electron chi connectivity index (χ1n) is 6.25. The van der Waals surface area contributed by atoms with Gasteiger partial charge < -0.3 is 15.0 Å². The molecule has 0 amide bonds. The van der Waals surface area contributed by atoms with Crippen molar-refractivity contribution >= 4 is 0 Å². The number of rotatable bonds is 8. The zero-order chi connectivity index (χ0) is 14.3. The highest BCUT2D eigenvalue weighted by atomic mass is 19.4. The maximum absolute atomic E-state index is 11.8. The molecule has 0 saturated carbocycles. The van der Waals surface area contributed by atoms with Gasteiger partial charge in [-0.2, -0.15) is 13.2 Å². The van der Waals surface area contributed by atoms with E-state index in [1.165, 1.54) is 0 Å². The Labute approximate surface area is 110 Å². The molecule has 0 aliphatic heterocycles. The normalized spacial score (nSPS) is 12.3. The van der Waals surface area contributed by atoms with E-state index in [0.717, 1.165) is 12.2 Å².